The summed E-state index contributed by atoms with van der Waals surface area (Å²) < 4.78 is 43.3. The maximum absolute atomic E-state index is 15.5. The number of methoxy groups -OCH3 is 1. The van der Waals surface area contributed by atoms with E-state index in [1.165, 1.54) is 19.1 Å². The van der Waals surface area contributed by atoms with Crippen molar-refractivity contribution < 1.29 is 32.6 Å². The highest BCUT2D eigenvalue weighted by Gasteiger charge is 2.29. The van der Waals surface area contributed by atoms with Gasteiger partial charge < -0.3 is 23.7 Å². The van der Waals surface area contributed by atoms with Gasteiger partial charge in [-0.05, 0) is 42.8 Å². The van der Waals surface area contributed by atoms with Gasteiger partial charge in [-0.25, -0.2) is 18.6 Å². The molecule has 37 heavy (non-hydrogen) atoms. The third kappa shape index (κ3) is 5.36. The first-order valence-electron chi connectivity index (χ1n) is 11.5. The van der Waals surface area contributed by atoms with Crippen LogP contribution in [-0.4, -0.2) is 72.5 Å². The van der Waals surface area contributed by atoms with E-state index in [1.54, 1.807) is 16.7 Å². The van der Waals surface area contributed by atoms with Crippen LogP contribution in [0.1, 0.15) is 11.3 Å². The summed E-state index contributed by atoms with van der Waals surface area (Å²) in [6.45, 7) is 2.80. The largest absolute Gasteiger partial charge is 0.453 e. The Kier molecular flexibility index (Phi) is 7.63. The van der Waals surface area contributed by atoms with Crippen LogP contribution in [0.3, 0.4) is 0 Å². The number of carbonyl (C=O) groups is 3. The molecule has 2 aromatic heterocycles. The van der Waals surface area contributed by atoms with E-state index in [9.17, 15) is 14.4 Å². The molecule has 1 unspecified atom stereocenters. The van der Waals surface area contributed by atoms with Crippen LogP contribution in [0, 0.1) is 18.6 Å². The number of nitrogens with zero attached hydrogens (tertiary/aromatic N) is 4. The van der Waals surface area contributed by atoms with Crippen LogP contribution in [0.25, 0.3) is 16.9 Å². The Hall–Kier alpha value is -4.12. The zero-order valence-corrected chi connectivity index (χ0v) is 20.6. The first-order valence-corrected chi connectivity index (χ1v) is 11.5. The second-order valence-corrected chi connectivity index (χ2v) is 8.63. The molecule has 1 atom stereocenters. The summed E-state index contributed by atoms with van der Waals surface area (Å²) in [5.74, 6) is -2.43. The lowest BCUT2D eigenvalue weighted by Gasteiger charge is -2.32. The zero-order chi connectivity index (χ0) is 26.7. The van der Waals surface area contributed by atoms with Crippen molar-refractivity contribution in [3.8, 4) is 11.3 Å². The third-order valence-corrected chi connectivity index (χ3v) is 6.17. The summed E-state index contributed by atoms with van der Waals surface area (Å²) in [5.41, 5.74) is 1.66. The fraction of sp³-hybridized carbons (Fsp3) is 0.308. The van der Waals surface area contributed by atoms with Crippen molar-refractivity contribution in [2.75, 3.05) is 38.8 Å². The Morgan fingerprint density at radius 3 is 2.68 bits per heavy atom. The number of halogens is 2. The van der Waals surface area contributed by atoms with Crippen molar-refractivity contribution in [3.63, 3.8) is 0 Å². The third-order valence-electron chi connectivity index (χ3n) is 6.17. The molecule has 0 radical (unpaired) electrons. The molecule has 2 amide bonds. The number of hydrogen-bond donors (Lipinski definition) is 0. The van der Waals surface area contributed by atoms with Gasteiger partial charge in [-0.2, -0.15) is 0 Å². The predicted octanol–water partition coefficient (Wildman–Crippen LogP) is 3.32. The van der Waals surface area contributed by atoms with Gasteiger partial charge in [-0.1, -0.05) is 0 Å². The van der Waals surface area contributed by atoms with Gasteiger partial charge in [0.25, 0.3) is 5.91 Å². The molecule has 4 rings (SSSR count). The lowest BCUT2D eigenvalue weighted by Crippen LogP contribution is -2.46. The summed E-state index contributed by atoms with van der Waals surface area (Å²) in [4.78, 5) is 41.8. The van der Waals surface area contributed by atoms with Crippen LogP contribution < -0.4 is 4.90 Å². The number of morpholine rings is 1. The number of likely N-dealkylation sites (N-methyl/N-ethyl adjacent to an activating group) is 1. The lowest BCUT2D eigenvalue weighted by molar-refractivity contribution is -0.114. The van der Waals surface area contributed by atoms with Crippen LogP contribution in [-0.2, 0) is 25.5 Å². The van der Waals surface area contributed by atoms with E-state index in [0.29, 0.717) is 30.8 Å². The van der Waals surface area contributed by atoms with Crippen molar-refractivity contribution in [1.82, 2.24) is 14.3 Å². The molecule has 3 aromatic rings. The lowest BCUT2D eigenvalue weighted by atomic mass is 10.0. The number of rotatable bonds is 6. The van der Waals surface area contributed by atoms with Gasteiger partial charge in [-0.3, -0.25) is 9.59 Å². The molecule has 1 aliphatic heterocycles. The van der Waals surface area contributed by atoms with E-state index in [-0.39, 0.29) is 29.9 Å². The van der Waals surface area contributed by atoms with Crippen molar-refractivity contribution in [1.29, 1.82) is 0 Å². The van der Waals surface area contributed by atoms with Gasteiger partial charge in [0.15, 0.2) is 0 Å². The zero-order valence-electron chi connectivity index (χ0n) is 20.6. The molecule has 0 bridgehead atoms. The molecule has 1 saturated heterocycles. The van der Waals surface area contributed by atoms with Gasteiger partial charge in [0, 0.05) is 38.0 Å². The molecule has 9 nitrogen and oxygen atoms in total. The number of benzene rings is 1. The number of aryl methyl sites for hydroxylation is 1. The van der Waals surface area contributed by atoms with Crippen molar-refractivity contribution in [2.45, 2.75) is 19.4 Å². The van der Waals surface area contributed by atoms with Crippen LogP contribution in [0.15, 0.2) is 42.6 Å². The standard InChI is InChI=1S/C26H26F2N4O5/c1-16-6-7-32-21(14-18-15-31(8-10-37-18)26(35)36-3)25(29-22(32)11-16)24-19(27)12-17(13-20(24)28)30(2)23(34)5-4-9-33/h4-7,9,11-13,18H,8,10,14-15H2,1-3H3/b5-4-. The minimum absolute atomic E-state index is 0.0233. The van der Waals surface area contributed by atoms with E-state index in [1.807, 2.05) is 13.0 Å². The molecule has 0 saturated carbocycles. The molecular weight excluding hydrogens is 486 g/mol. The van der Waals surface area contributed by atoms with E-state index in [2.05, 4.69) is 4.98 Å². The summed E-state index contributed by atoms with van der Waals surface area (Å²) >= 11 is 0. The van der Waals surface area contributed by atoms with Crippen LogP contribution >= 0.6 is 0 Å². The molecule has 1 fully saturated rings. The number of aldehydes is 1. The van der Waals surface area contributed by atoms with Crippen LogP contribution in [0.2, 0.25) is 0 Å². The van der Waals surface area contributed by atoms with E-state index in [4.69, 9.17) is 9.47 Å². The monoisotopic (exact) mass is 512 g/mol. The first kappa shape index (κ1) is 26.0. The number of anilines is 1. The summed E-state index contributed by atoms with van der Waals surface area (Å²) in [5, 5.41) is 0. The first-order chi connectivity index (χ1) is 17.7. The number of hydrogen-bond acceptors (Lipinski definition) is 6. The minimum atomic E-state index is -0.906. The summed E-state index contributed by atoms with van der Waals surface area (Å²) in [7, 11) is 2.65. The van der Waals surface area contributed by atoms with E-state index >= 15 is 8.78 Å². The number of ether oxygens (including phenoxy) is 2. The second kappa shape index (κ2) is 10.9. The Bertz CT molecular complexity index is 1360. The highest BCUT2D eigenvalue weighted by atomic mass is 19.1. The van der Waals surface area contributed by atoms with Crippen LogP contribution in [0.4, 0.5) is 19.3 Å². The van der Waals surface area contributed by atoms with Gasteiger partial charge in [-0.15, -0.1) is 0 Å². The topological polar surface area (TPSA) is 93.5 Å². The second-order valence-electron chi connectivity index (χ2n) is 8.63. The molecule has 1 aromatic carbocycles. The fourth-order valence-corrected chi connectivity index (χ4v) is 4.29. The highest BCUT2D eigenvalue weighted by molar-refractivity contribution is 6.02. The number of pyridine rings is 1. The summed E-state index contributed by atoms with van der Waals surface area (Å²) in [6.07, 6.45) is 3.50. The number of amides is 2. The van der Waals surface area contributed by atoms with Gasteiger partial charge in [0.05, 0.1) is 43.3 Å². The maximum Gasteiger partial charge on any atom is 0.409 e. The minimum Gasteiger partial charge on any atom is -0.453 e. The predicted molar refractivity (Wildman–Crippen MR) is 131 cm³/mol. The number of fused-ring (bicyclic) bond motifs is 1. The van der Waals surface area contributed by atoms with E-state index in [0.717, 1.165) is 34.7 Å². The van der Waals surface area contributed by atoms with Gasteiger partial charge in [0.2, 0.25) is 0 Å². The van der Waals surface area contributed by atoms with Gasteiger partial charge >= 0.3 is 6.09 Å². The SMILES string of the molecule is COC(=O)N1CCOC(Cc2c(-c3c(F)cc(N(C)C(=O)/C=C\C=O)cc3F)nc3cc(C)ccn23)C1. The van der Waals surface area contributed by atoms with Crippen LogP contribution in [0.5, 0.6) is 0 Å². The molecule has 0 aliphatic carbocycles. The molecule has 0 N–H and O–H groups in total. The maximum atomic E-state index is 15.5. The Balaban J connectivity index is 1.76. The van der Waals surface area contributed by atoms with Crippen molar-refractivity contribution in [2.24, 2.45) is 0 Å². The average Bonchev–Trinajstić information content (AvgIpc) is 3.22. The Morgan fingerprint density at radius 2 is 2.00 bits per heavy atom. The van der Waals surface area contributed by atoms with Gasteiger partial charge in [0.1, 0.15) is 23.6 Å². The summed E-state index contributed by atoms with van der Waals surface area (Å²) in [6, 6.07) is 5.74. The molecule has 0 spiro atoms. The molecule has 1 aliphatic rings. The smallest absolute Gasteiger partial charge is 0.409 e. The number of allylic oxidation sites excluding steroid dienone is 1. The van der Waals surface area contributed by atoms with E-state index < -0.39 is 29.7 Å². The normalized spacial score (nSPS) is 15.8. The van der Waals surface area contributed by atoms with Crippen molar-refractivity contribution in [3.05, 3.63) is 65.5 Å². The van der Waals surface area contributed by atoms with Crippen molar-refractivity contribution >= 4 is 29.6 Å². The number of carbonyl (C=O) groups excluding carboxylic acids is 3. The number of aromatic nitrogens is 2. The highest BCUT2D eigenvalue weighted by Crippen LogP contribution is 2.33. The molecule has 3 heterocycles. The Labute approximate surface area is 211 Å². The average molecular weight is 513 g/mol. The molecule has 194 valence electrons. The molecular formula is C26H26F2N4O5. The fourth-order valence-electron chi connectivity index (χ4n) is 4.29. The number of imidazole rings is 1. The molecule has 11 heteroatoms. The quantitative estimate of drug-likeness (QED) is 0.372. The Morgan fingerprint density at radius 1 is 1.27 bits per heavy atom.